The van der Waals surface area contributed by atoms with Gasteiger partial charge < -0.3 is 25.6 Å². The molecular weight excluding hydrogens is 553 g/mol. The third-order valence-electron chi connectivity index (χ3n) is 6.75. The van der Waals surface area contributed by atoms with Gasteiger partial charge in [-0.2, -0.15) is 0 Å². The van der Waals surface area contributed by atoms with E-state index in [0.29, 0.717) is 18.5 Å². The Bertz CT molecular complexity index is 1290. The first-order valence-electron chi connectivity index (χ1n) is 13.4. The minimum absolute atomic E-state index is 0.00596. The van der Waals surface area contributed by atoms with Crippen molar-refractivity contribution in [3.05, 3.63) is 64.7 Å². The largest absolute Gasteiger partial charge is 0.524 e. The third-order valence-corrected chi connectivity index (χ3v) is 7.20. The van der Waals surface area contributed by atoms with E-state index in [2.05, 4.69) is 26.5 Å². The lowest BCUT2D eigenvalue weighted by Crippen LogP contribution is -2.54. The first-order valence-corrected chi connectivity index (χ1v) is 14.9. The molecule has 0 bridgehead atoms. The normalized spacial score (nSPS) is 14.2. The quantitative estimate of drug-likeness (QED) is 0.178. The highest BCUT2D eigenvalue weighted by Crippen LogP contribution is 2.37. The molecule has 13 heteroatoms. The van der Waals surface area contributed by atoms with Crippen LogP contribution in [0.1, 0.15) is 54.9 Å². The van der Waals surface area contributed by atoms with Crippen LogP contribution in [0.4, 0.5) is 0 Å². The third kappa shape index (κ3) is 10.6. The summed E-state index contributed by atoms with van der Waals surface area (Å²) < 4.78 is 15.5. The zero-order valence-electron chi connectivity index (χ0n) is 22.8. The standard InChI is InChI=1S/C28H36N3O9P/c1-18(32)30-25(17-19-9-11-22(12-10-19)40-41(37,38)39)28(36)31-24(13-14-26(33)34)27(35)29-16-15-21-7-4-6-20-5-2-3-8-23(20)21/h4,6-7,9-12,24-25H,2-3,5,8,13-17H2,1H3,(H,29,35)(H,30,32)(H,31,36)(H,33,34)(H2,37,38,39)/t24-,25+/m0/s1. The minimum atomic E-state index is -4.74. The van der Waals surface area contributed by atoms with Crippen molar-refractivity contribution in [3.8, 4) is 5.75 Å². The summed E-state index contributed by atoms with van der Waals surface area (Å²) >= 11 is 0. The van der Waals surface area contributed by atoms with E-state index in [1.807, 2.05) is 12.1 Å². The molecule has 3 rings (SSSR count). The van der Waals surface area contributed by atoms with Gasteiger partial charge >= 0.3 is 13.8 Å². The Balaban J connectivity index is 1.65. The number of rotatable bonds is 14. The van der Waals surface area contributed by atoms with Crippen LogP contribution in [0.2, 0.25) is 0 Å². The molecule has 0 aliphatic heterocycles. The molecule has 0 fully saturated rings. The number of carboxylic acid groups (broad SMARTS) is 1. The summed E-state index contributed by atoms with van der Waals surface area (Å²) in [7, 11) is -4.74. The number of hydrogen-bond acceptors (Lipinski definition) is 6. The molecule has 0 heterocycles. The van der Waals surface area contributed by atoms with Crippen molar-refractivity contribution in [3.63, 3.8) is 0 Å². The molecule has 41 heavy (non-hydrogen) atoms. The van der Waals surface area contributed by atoms with Crippen molar-refractivity contribution in [2.45, 2.75) is 70.4 Å². The highest BCUT2D eigenvalue weighted by molar-refractivity contribution is 7.46. The number of carboxylic acids is 1. The predicted molar refractivity (Wildman–Crippen MR) is 149 cm³/mol. The van der Waals surface area contributed by atoms with Crippen molar-refractivity contribution >= 4 is 31.5 Å². The van der Waals surface area contributed by atoms with Crippen LogP contribution < -0.4 is 20.5 Å². The minimum Gasteiger partial charge on any atom is -0.481 e. The van der Waals surface area contributed by atoms with Crippen molar-refractivity contribution in [1.82, 2.24) is 16.0 Å². The number of carbonyl (C=O) groups excluding carboxylic acids is 3. The van der Waals surface area contributed by atoms with Crippen molar-refractivity contribution < 1.29 is 43.2 Å². The highest BCUT2D eigenvalue weighted by Gasteiger charge is 2.27. The van der Waals surface area contributed by atoms with Gasteiger partial charge in [-0.05, 0) is 72.9 Å². The zero-order valence-corrected chi connectivity index (χ0v) is 23.7. The van der Waals surface area contributed by atoms with Crippen LogP contribution in [-0.4, -0.2) is 57.2 Å². The van der Waals surface area contributed by atoms with E-state index in [0.717, 1.165) is 31.2 Å². The maximum Gasteiger partial charge on any atom is 0.524 e. The molecular formula is C28H36N3O9P. The lowest BCUT2D eigenvalue weighted by molar-refractivity contribution is -0.138. The number of aliphatic carboxylic acids is 1. The number of phosphoric acid groups is 1. The van der Waals surface area contributed by atoms with E-state index in [1.165, 1.54) is 42.3 Å². The molecule has 0 unspecified atom stereocenters. The van der Waals surface area contributed by atoms with Gasteiger partial charge in [0.1, 0.15) is 17.8 Å². The van der Waals surface area contributed by atoms with E-state index < -0.39 is 43.6 Å². The van der Waals surface area contributed by atoms with Crippen LogP contribution in [0.5, 0.6) is 5.75 Å². The number of fused-ring (bicyclic) bond motifs is 1. The Labute approximate surface area is 238 Å². The van der Waals surface area contributed by atoms with Crippen LogP contribution in [0.25, 0.3) is 0 Å². The molecule has 0 spiro atoms. The predicted octanol–water partition coefficient (Wildman–Crippen LogP) is 1.79. The Morgan fingerprint density at radius 3 is 2.32 bits per heavy atom. The average Bonchev–Trinajstić information content (AvgIpc) is 2.90. The van der Waals surface area contributed by atoms with Gasteiger partial charge in [-0.1, -0.05) is 30.3 Å². The Kier molecular flexibility index (Phi) is 11.5. The molecule has 6 N–H and O–H groups in total. The van der Waals surface area contributed by atoms with Crippen molar-refractivity contribution in [1.29, 1.82) is 0 Å². The number of aryl methyl sites for hydroxylation is 1. The molecule has 12 nitrogen and oxygen atoms in total. The van der Waals surface area contributed by atoms with Crippen molar-refractivity contribution in [2.24, 2.45) is 0 Å². The highest BCUT2D eigenvalue weighted by atomic mass is 31.2. The van der Waals surface area contributed by atoms with Gasteiger partial charge in [-0.3, -0.25) is 29.0 Å². The van der Waals surface area contributed by atoms with E-state index in [9.17, 15) is 28.8 Å². The Morgan fingerprint density at radius 2 is 1.66 bits per heavy atom. The zero-order chi connectivity index (χ0) is 30.0. The number of carbonyl (C=O) groups is 4. The summed E-state index contributed by atoms with van der Waals surface area (Å²) in [5.74, 6) is -2.90. The van der Waals surface area contributed by atoms with Gasteiger partial charge in [0.25, 0.3) is 0 Å². The molecule has 0 saturated heterocycles. The molecule has 0 aromatic heterocycles. The van der Waals surface area contributed by atoms with Crippen molar-refractivity contribution in [2.75, 3.05) is 6.54 Å². The summed E-state index contributed by atoms with van der Waals surface area (Å²) in [6.45, 7) is 1.54. The second kappa shape index (κ2) is 14.8. The number of hydrogen-bond donors (Lipinski definition) is 6. The first-order chi connectivity index (χ1) is 19.4. The molecule has 222 valence electrons. The molecule has 0 saturated carbocycles. The van der Waals surface area contributed by atoms with Gasteiger partial charge in [-0.25, -0.2) is 4.57 Å². The van der Waals surface area contributed by atoms with E-state index in [4.69, 9.17) is 9.79 Å². The summed E-state index contributed by atoms with van der Waals surface area (Å²) in [5, 5.41) is 17.1. The fourth-order valence-electron chi connectivity index (χ4n) is 4.86. The van der Waals surface area contributed by atoms with Gasteiger partial charge in [0.15, 0.2) is 0 Å². The monoisotopic (exact) mass is 589 g/mol. The number of phosphoric ester groups is 1. The Hall–Kier alpha value is -3.73. The summed E-state index contributed by atoms with van der Waals surface area (Å²) in [4.78, 5) is 67.1. The smallest absolute Gasteiger partial charge is 0.481 e. The SMILES string of the molecule is CC(=O)N[C@H](Cc1ccc(OP(=O)(O)O)cc1)C(=O)N[C@@H](CCC(=O)O)C(=O)NCCc1cccc2c1CCCC2. The van der Waals surface area contributed by atoms with Gasteiger partial charge in [0.05, 0.1) is 0 Å². The topological polar surface area (TPSA) is 191 Å². The maximum absolute atomic E-state index is 13.2. The summed E-state index contributed by atoms with van der Waals surface area (Å²) in [6.07, 6.45) is 4.43. The van der Waals surface area contributed by atoms with E-state index in [1.54, 1.807) is 0 Å². The number of amides is 3. The first kappa shape index (κ1) is 31.8. The summed E-state index contributed by atoms with van der Waals surface area (Å²) in [6, 6.07) is 9.52. The van der Waals surface area contributed by atoms with E-state index in [-0.39, 0.29) is 25.0 Å². The van der Waals surface area contributed by atoms with Crippen LogP contribution in [0.3, 0.4) is 0 Å². The molecule has 0 radical (unpaired) electrons. The molecule has 3 amide bonds. The number of benzene rings is 2. The fraction of sp³-hybridized carbons (Fsp3) is 0.429. The lowest BCUT2D eigenvalue weighted by Gasteiger charge is -2.23. The summed E-state index contributed by atoms with van der Waals surface area (Å²) in [5.41, 5.74) is 4.36. The van der Waals surface area contributed by atoms with Crippen LogP contribution >= 0.6 is 7.82 Å². The van der Waals surface area contributed by atoms with E-state index >= 15 is 0 Å². The molecule has 1 aliphatic rings. The van der Waals surface area contributed by atoms with Crippen LogP contribution in [-0.2, 0) is 49.4 Å². The molecule has 2 aromatic carbocycles. The van der Waals surface area contributed by atoms with Gasteiger partial charge in [-0.15, -0.1) is 0 Å². The molecule has 2 aromatic rings. The molecule has 1 aliphatic carbocycles. The van der Waals surface area contributed by atoms with Crippen LogP contribution in [0.15, 0.2) is 42.5 Å². The maximum atomic E-state index is 13.2. The second-order valence-corrected chi connectivity index (χ2v) is 11.1. The lowest BCUT2D eigenvalue weighted by atomic mass is 9.87. The van der Waals surface area contributed by atoms with Gasteiger partial charge in [0.2, 0.25) is 17.7 Å². The average molecular weight is 590 g/mol. The van der Waals surface area contributed by atoms with Crippen LogP contribution in [0, 0.1) is 0 Å². The Morgan fingerprint density at radius 1 is 0.951 bits per heavy atom. The fourth-order valence-corrected chi connectivity index (χ4v) is 5.26. The molecule has 2 atom stereocenters. The van der Waals surface area contributed by atoms with Gasteiger partial charge in [0, 0.05) is 26.3 Å². The number of nitrogens with one attached hydrogen (secondary N) is 3. The second-order valence-electron chi connectivity index (χ2n) is 9.98.